The Bertz CT molecular complexity index is 916. The molecule has 166 valence electrons. The van der Waals surface area contributed by atoms with Crippen LogP contribution in [-0.2, 0) is 19.1 Å². The summed E-state index contributed by atoms with van der Waals surface area (Å²) in [5.74, 6) is -1.49. The molecule has 3 aliphatic rings. The average Bonchev–Trinajstić information content (AvgIpc) is 3.15. The molecule has 3 aliphatic heterocycles. The Hall–Kier alpha value is -2.90. The van der Waals surface area contributed by atoms with E-state index in [4.69, 9.17) is 4.74 Å². The van der Waals surface area contributed by atoms with Gasteiger partial charge in [-0.25, -0.2) is 4.79 Å². The van der Waals surface area contributed by atoms with Crippen LogP contribution >= 0.6 is 0 Å². The number of hydrogen-bond donors (Lipinski definition) is 0. The number of rotatable bonds is 5. The number of ether oxygens (including phenoxy) is 1. The van der Waals surface area contributed by atoms with Gasteiger partial charge in [-0.1, -0.05) is 19.1 Å². The number of likely N-dealkylation sites (tertiary alicyclic amines) is 1. The number of fused-ring (bicyclic) bond motifs is 3. The van der Waals surface area contributed by atoms with E-state index in [0.29, 0.717) is 17.8 Å². The van der Waals surface area contributed by atoms with Gasteiger partial charge in [-0.15, -0.1) is 0 Å². The Morgan fingerprint density at radius 1 is 1.16 bits per heavy atom. The molecule has 0 unspecified atom stereocenters. The van der Waals surface area contributed by atoms with Crippen LogP contribution in [0.1, 0.15) is 62.7 Å². The molecule has 0 N–H and O–H groups in total. The van der Waals surface area contributed by atoms with Crippen molar-refractivity contribution in [2.75, 3.05) is 24.6 Å². The van der Waals surface area contributed by atoms with Crippen molar-refractivity contribution in [1.82, 2.24) is 9.80 Å². The minimum absolute atomic E-state index is 0.130. The number of esters is 1. The van der Waals surface area contributed by atoms with Gasteiger partial charge in [-0.2, -0.15) is 0 Å². The Kier molecular flexibility index (Phi) is 5.73. The summed E-state index contributed by atoms with van der Waals surface area (Å²) in [6.07, 6.45) is 4.13. The topological polar surface area (TPSA) is 87.2 Å². The van der Waals surface area contributed by atoms with E-state index in [1.165, 1.54) is 9.80 Å². The lowest BCUT2D eigenvalue weighted by Crippen LogP contribution is -2.68. The molecule has 0 bridgehead atoms. The Labute approximate surface area is 182 Å². The van der Waals surface area contributed by atoms with E-state index in [9.17, 15) is 19.2 Å². The van der Waals surface area contributed by atoms with E-state index in [1.807, 2.05) is 6.92 Å². The number of nitrogens with zero attached hydrogens (tertiary/aromatic N) is 3. The summed E-state index contributed by atoms with van der Waals surface area (Å²) in [4.78, 5) is 56.8. The number of para-hydroxylation sites is 1. The molecule has 0 spiro atoms. The second-order valence-electron chi connectivity index (χ2n) is 8.33. The molecule has 0 saturated carbocycles. The number of amides is 3. The average molecular weight is 428 g/mol. The van der Waals surface area contributed by atoms with Crippen LogP contribution in [0.15, 0.2) is 24.3 Å². The SMILES string of the molecule is CC[C@@H]1CCCCN1C(=O)COC(=O)[C@@]12CCC(=O)N1c1ccccc1C(=O)N2CC. The predicted octanol–water partition coefficient (Wildman–Crippen LogP) is 2.32. The summed E-state index contributed by atoms with van der Waals surface area (Å²) in [6.45, 7) is 4.34. The quantitative estimate of drug-likeness (QED) is 0.673. The van der Waals surface area contributed by atoms with Gasteiger partial charge in [0.2, 0.25) is 11.6 Å². The van der Waals surface area contributed by atoms with Crippen LogP contribution < -0.4 is 4.90 Å². The van der Waals surface area contributed by atoms with Crippen molar-refractivity contribution >= 4 is 29.4 Å². The van der Waals surface area contributed by atoms with Gasteiger partial charge in [0.05, 0.1) is 11.3 Å². The van der Waals surface area contributed by atoms with E-state index < -0.39 is 11.6 Å². The van der Waals surface area contributed by atoms with Crippen LogP contribution in [0, 0.1) is 0 Å². The fourth-order valence-corrected chi connectivity index (χ4v) is 5.25. The molecule has 1 aromatic rings. The van der Waals surface area contributed by atoms with E-state index in [1.54, 1.807) is 36.1 Å². The smallest absolute Gasteiger partial charge is 0.354 e. The zero-order valence-electron chi connectivity index (χ0n) is 18.1. The van der Waals surface area contributed by atoms with Gasteiger partial charge in [0, 0.05) is 32.0 Å². The number of anilines is 1. The summed E-state index contributed by atoms with van der Waals surface area (Å²) < 4.78 is 5.52. The third kappa shape index (κ3) is 3.28. The molecule has 8 nitrogen and oxygen atoms in total. The van der Waals surface area contributed by atoms with Crippen molar-refractivity contribution in [3.8, 4) is 0 Å². The minimum Gasteiger partial charge on any atom is -0.452 e. The molecule has 1 aromatic carbocycles. The predicted molar refractivity (Wildman–Crippen MR) is 113 cm³/mol. The van der Waals surface area contributed by atoms with Gasteiger partial charge in [-0.05, 0) is 44.7 Å². The monoisotopic (exact) mass is 427 g/mol. The maximum Gasteiger partial charge on any atom is 0.354 e. The molecule has 2 saturated heterocycles. The van der Waals surface area contributed by atoms with Gasteiger partial charge < -0.3 is 14.5 Å². The highest BCUT2D eigenvalue weighted by atomic mass is 16.5. The normalized spacial score (nSPS) is 25.4. The Morgan fingerprint density at radius 2 is 1.94 bits per heavy atom. The van der Waals surface area contributed by atoms with Gasteiger partial charge in [0.15, 0.2) is 6.61 Å². The minimum atomic E-state index is -1.54. The lowest BCUT2D eigenvalue weighted by molar-refractivity contribution is -0.163. The molecule has 31 heavy (non-hydrogen) atoms. The molecule has 3 heterocycles. The summed E-state index contributed by atoms with van der Waals surface area (Å²) in [5, 5.41) is 0. The van der Waals surface area contributed by atoms with Gasteiger partial charge in [0.25, 0.3) is 11.8 Å². The molecule has 3 amide bonds. The van der Waals surface area contributed by atoms with Gasteiger partial charge >= 0.3 is 5.97 Å². The standard InChI is InChI=1S/C23H29N3O5/c1-3-16-9-7-8-14-24(16)20(28)15-31-22(30)23-13-12-19(27)26(23)18-11-6-5-10-17(18)21(29)25(23)4-2/h5-6,10-11,16H,3-4,7-9,12-15H2,1-2H3/t16-,23-/m1/s1. The molecular weight excluding hydrogens is 398 g/mol. The van der Waals surface area contributed by atoms with Crippen LogP contribution in [0.25, 0.3) is 0 Å². The number of piperidine rings is 1. The fraction of sp³-hybridized carbons (Fsp3) is 0.565. The first-order valence-corrected chi connectivity index (χ1v) is 11.2. The molecule has 2 fully saturated rings. The van der Waals surface area contributed by atoms with Crippen molar-refractivity contribution in [3.63, 3.8) is 0 Å². The summed E-state index contributed by atoms with van der Waals surface area (Å²) in [6, 6.07) is 6.97. The van der Waals surface area contributed by atoms with Gasteiger partial charge in [-0.3, -0.25) is 19.3 Å². The first-order valence-electron chi connectivity index (χ1n) is 11.2. The first-order chi connectivity index (χ1) is 15.0. The lowest BCUT2D eigenvalue weighted by Gasteiger charge is -2.48. The molecule has 2 atom stereocenters. The maximum absolute atomic E-state index is 13.4. The van der Waals surface area contributed by atoms with Crippen molar-refractivity contribution < 1.29 is 23.9 Å². The number of likely N-dealkylation sites (N-methyl/N-ethyl adjacent to an activating group) is 1. The summed E-state index contributed by atoms with van der Waals surface area (Å²) >= 11 is 0. The summed E-state index contributed by atoms with van der Waals surface area (Å²) in [7, 11) is 0. The molecule has 8 heteroatoms. The van der Waals surface area contributed by atoms with E-state index in [2.05, 4.69) is 0 Å². The van der Waals surface area contributed by atoms with Crippen molar-refractivity contribution in [2.45, 2.75) is 64.1 Å². The molecule has 0 aliphatic carbocycles. The van der Waals surface area contributed by atoms with Crippen LogP contribution in [0.5, 0.6) is 0 Å². The van der Waals surface area contributed by atoms with Crippen LogP contribution in [0.2, 0.25) is 0 Å². The third-order valence-corrected chi connectivity index (χ3v) is 6.76. The molecule has 4 rings (SSSR count). The second kappa shape index (κ2) is 8.32. The number of hydrogen-bond acceptors (Lipinski definition) is 5. The van der Waals surface area contributed by atoms with E-state index in [-0.39, 0.29) is 49.8 Å². The van der Waals surface area contributed by atoms with Crippen molar-refractivity contribution in [1.29, 1.82) is 0 Å². The van der Waals surface area contributed by atoms with Crippen molar-refractivity contribution in [3.05, 3.63) is 29.8 Å². The second-order valence-corrected chi connectivity index (χ2v) is 8.33. The number of carbonyl (C=O) groups is 4. The van der Waals surface area contributed by atoms with Crippen LogP contribution in [0.3, 0.4) is 0 Å². The van der Waals surface area contributed by atoms with Crippen LogP contribution in [-0.4, -0.2) is 64.9 Å². The largest absolute Gasteiger partial charge is 0.452 e. The van der Waals surface area contributed by atoms with Crippen molar-refractivity contribution in [2.24, 2.45) is 0 Å². The molecule has 0 radical (unpaired) electrons. The highest BCUT2D eigenvalue weighted by Gasteiger charge is 2.61. The lowest BCUT2D eigenvalue weighted by atomic mass is 9.96. The fourth-order valence-electron chi connectivity index (χ4n) is 5.25. The van der Waals surface area contributed by atoms with Gasteiger partial charge in [0.1, 0.15) is 0 Å². The maximum atomic E-state index is 13.4. The van der Waals surface area contributed by atoms with E-state index in [0.717, 1.165) is 25.7 Å². The molecular formula is C23H29N3O5. The highest BCUT2D eigenvalue weighted by molar-refractivity contribution is 6.15. The van der Waals surface area contributed by atoms with E-state index >= 15 is 0 Å². The number of carbonyl (C=O) groups excluding carboxylic acids is 4. The third-order valence-electron chi connectivity index (χ3n) is 6.76. The Morgan fingerprint density at radius 3 is 2.68 bits per heavy atom. The zero-order valence-corrected chi connectivity index (χ0v) is 18.1. The highest BCUT2D eigenvalue weighted by Crippen LogP contribution is 2.44. The van der Waals surface area contributed by atoms with Crippen LogP contribution in [0.4, 0.5) is 5.69 Å². The first kappa shape index (κ1) is 21.3. The summed E-state index contributed by atoms with van der Waals surface area (Å²) in [5.41, 5.74) is -0.730. The zero-order chi connectivity index (χ0) is 22.2. The number of benzene rings is 1. The molecule has 0 aromatic heterocycles. The Balaban J connectivity index is 1.60.